The number of hydrogen-bond donors (Lipinski definition) is 2. The van der Waals surface area contributed by atoms with Crippen molar-refractivity contribution in [3.8, 4) is 11.3 Å². The summed E-state index contributed by atoms with van der Waals surface area (Å²) >= 11 is 0. The molecule has 1 atom stereocenters. The maximum atomic E-state index is 15.3. The molecule has 2 heterocycles. The number of nitrogens with zero attached hydrogens (tertiary/aromatic N) is 2. The minimum absolute atomic E-state index is 0.148. The van der Waals surface area contributed by atoms with E-state index in [0.717, 1.165) is 31.7 Å². The lowest BCUT2D eigenvalue weighted by Gasteiger charge is -2.34. The van der Waals surface area contributed by atoms with Crippen LogP contribution in [0.4, 0.5) is 15.8 Å². The maximum absolute atomic E-state index is 15.3. The summed E-state index contributed by atoms with van der Waals surface area (Å²) < 4.78 is 21.7. The number of nitrogens with one attached hydrogen (secondary N) is 1. The van der Waals surface area contributed by atoms with Crippen molar-refractivity contribution in [2.75, 3.05) is 43.4 Å². The van der Waals surface area contributed by atoms with Crippen LogP contribution in [0.2, 0.25) is 0 Å². The topological polar surface area (TPSA) is 86.0 Å². The third-order valence-corrected chi connectivity index (χ3v) is 7.44. The predicted molar refractivity (Wildman–Crippen MR) is 153 cm³/mol. The lowest BCUT2D eigenvalue weighted by Crippen LogP contribution is -2.44. The van der Waals surface area contributed by atoms with Gasteiger partial charge in [-0.05, 0) is 69.8 Å². The number of likely N-dealkylation sites (N-methyl/N-ethyl adjacent to an activating group) is 1. The van der Waals surface area contributed by atoms with Crippen molar-refractivity contribution < 1.29 is 18.7 Å². The summed E-state index contributed by atoms with van der Waals surface area (Å²) in [5.74, 6) is -1.07. The number of benzene rings is 3. The van der Waals surface area contributed by atoms with Crippen LogP contribution >= 0.6 is 0 Å². The zero-order chi connectivity index (χ0) is 27.8. The molecule has 8 heteroatoms. The first kappa shape index (κ1) is 26.4. The van der Waals surface area contributed by atoms with E-state index in [2.05, 4.69) is 17.3 Å². The Hall–Kier alpha value is -4.17. The van der Waals surface area contributed by atoms with Crippen LogP contribution in [0.25, 0.3) is 22.3 Å². The van der Waals surface area contributed by atoms with E-state index in [1.807, 2.05) is 24.8 Å². The molecule has 1 fully saturated rings. The molecule has 1 saturated heterocycles. The first-order valence-corrected chi connectivity index (χ1v) is 13.0. The monoisotopic (exact) mass is 529 g/mol. The van der Waals surface area contributed by atoms with Crippen LogP contribution in [-0.4, -0.2) is 49.2 Å². The zero-order valence-electron chi connectivity index (χ0n) is 22.5. The Morgan fingerprint density at radius 1 is 1.05 bits per heavy atom. The van der Waals surface area contributed by atoms with E-state index in [1.165, 1.54) is 12.1 Å². The van der Waals surface area contributed by atoms with Gasteiger partial charge in [-0.25, -0.2) is 9.18 Å². The molecule has 7 nitrogen and oxygen atoms in total. The summed E-state index contributed by atoms with van der Waals surface area (Å²) in [7, 11) is 2.05. The molecule has 1 aliphatic rings. The molecule has 5 rings (SSSR count). The third-order valence-electron chi connectivity index (χ3n) is 7.44. The number of aryl methyl sites for hydroxylation is 1. The molecule has 0 saturated carbocycles. The summed E-state index contributed by atoms with van der Waals surface area (Å²) in [6, 6.07) is 15.0. The molecule has 1 aliphatic heterocycles. The molecule has 0 amide bonds. The Morgan fingerprint density at radius 3 is 2.46 bits per heavy atom. The fourth-order valence-corrected chi connectivity index (χ4v) is 5.22. The van der Waals surface area contributed by atoms with Gasteiger partial charge in [0, 0.05) is 48.6 Å². The molecular weight excluding hydrogens is 497 g/mol. The molecule has 0 aliphatic carbocycles. The van der Waals surface area contributed by atoms with Crippen LogP contribution in [0.15, 0.2) is 63.8 Å². The van der Waals surface area contributed by atoms with E-state index in [4.69, 9.17) is 4.42 Å². The van der Waals surface area contributed by atoms with E-state index < -0.39 is 5.97 Å². The Labute approximate surface area is 226 Å². The number of carboxylic acid groups (broad SMARTS) is 1. The lowest BCUT2D eigenvalue weighted by atomic mass is 9.98. The number of rotatable bonds is 6. The number of anilines is 2. The number of carboxylic acids is 1. The normalized spacial score (nSPS) is 14.9. The number of halogens is 1. The summed E-state index contributed by atoms with van der Waals surface area (Å²) in [6.07, 6.45) is 0. The Bertz CT molecular complexity index is 1620. The summed E-state index contributed by atoms with van der Waals surface area (Å²) in [4.78, 5) is 29.5. The Kier molecular flexibility index (Phi) is 7.14. The highest BCUT2D eigenvalue weighted by molar-refractivity contribution is 5.94. The number of hydrogen-bond acceptors (Lipinski definition) is 6. The first-order valence-electron chi connectivity index (χ1n) is 13.0. The summed E-state index contributed by atoms with van der Waals surface area (Å²) in [6.45, 7) is 8.70. The van der Waals surface area contributed by atoms with Crippen LogP contribution in [-0.2, 0) is 0 Å². The van der Waals surface area contributed by atoms with Crippen LogP contribution in [0.5, 0.6) is 0 Å². The van der Waals surface area contributed by atoms with Crippen molar-refractivity contribution in [1.82, 2.24) is 4.90 Å². The van der Waals surface area contributed by atoms with Crippen molar-refractivity contribution >= 4 is 28.3 Å². The number of fused-ring (bicyclic) bond motifs is 1. The van der Waals surface area contributed by atoms with Gasteiger partial charge >= 0.3 is 5.97 Å². The highest BCUT2D eigenvalue weighted by atomic mass is 19.1. The SMILES string of the molecule is Cc1cc(C(C)Nc2ccccc2C(=O)O)c2oc(-c3ccc(N4CCN(C)CC4)c(F)c3)c(C)c(=O)c2c1. The fourth-order valence-electron chi connectivity index (χ4n) is 5.22. The molecule has 202 valence electrons. The molecule has 1 aromatic heterocycles. The largest absolute Gasteiger partial charge is 0.478 e. The van der Waals surface area contributed by atoms with Gasteiger partial charge in [-0.15, -0.1) is 0 Å². The van der Waals surface area contributed by atoms with E-state index in [-0.39, 0.29) is 22.9 Å². The van der Waals surface area contributed by atoms with Crippen molar-refractivity contribution in [3.63, 3.8) is 0 Å². The van der Waals surface area contributed by atoms with E-state index in [1.54, 1.807) is 43.3 Å². The number of aromatic carboxylic acids is 1. The smallest absolute Gasteiger partial charge is 0.337 e. The molecule has 0 bridgehead atoms. The predicted octanol–water partition coefficient (Wildman–Crippen LogP) is 5.84. The molecule has 0 spiro atoms. The first-order chi connectivity index (χ1) is 18.6. The minimum atomic E-state index is -1.04. The molecule has 39 heavy (non-hydrogen) atoms. The van der Waals surface area contributed by atoms with Gasteiger partial charge in [0.2, 0.25) is 0 Å². The quantitative estimate of drug-likeness (QED) is 0.325. The summed E-state index contributed by atoms with van der Waals surface area (Å²) in [5, 5.41) is 13.3. The van der Waals surface area contributed by atoms with Gasteiger partial charge in [0.1, 0.15) is 17.2 Å². The third kappa shape index (κ3) is 5.12. The van der Waals surface area contributed by atoms with E-state index >= 15 is 4.39 Å². The molecule has 3 aromatic carbocycles. The van der Waals surface area contributed by atoms with Gasteiger partial charge in [-0.2, -0.15) is 0 Å². The van der Waals surface area contributed by atoms with Crippen LogP contribution in [0.1, 0.15) is 40.0 Å². The van der Waals surface area contributed by atoms with Crippen LogP contribution < -0.4 is 15.6 Å². The second kappa shape index (κ2) is 10.5. The molecular formula is C31H32FN3O4. The van der Waals surface area contributed by atoms with Gasteiger partial charge in [0.25, 0.3) is 0 Å². The van der Waals surface area contributed by atoms with Crippen molar-refractivity contribution in [2.45, 2.75) is 26.8 Å². The average molecular weight is 530 g/mol. The van der Waals surface area contributed by atoms with Crippen molar-refractivity contribution in [2.24, 2.45) is 0 Å². The van der Waals surface area contributed by atoms with Crippen molar-refractivity contribution in [3.05, 3.63) is 92.9 Å². The highest BCUT2D eigenvalue weighted by Gasteiger charge is 2.22. The fraction of sp³-hybridized carbons (Fsp3) is 0.290. The standard InChI is InChI=1S/C31H32FN3O4/c1-18-15-23(20(3)33-26-8-6-5-7-22(26)31(37)38)30-24(16-18)28(36)19(2)29(39-30)21-9-10-27(25(32)17-21)35-13-11-34(4)12-14-35/h5-10,15-17,20,33H,11-14H2,1-4H3,(H,37,38). The van der Waals surface area contributed by atoms with Gasteiger partial charge in [-0.3, -0.25) is 4.79 Å². The Morgan fingerprint density at radius 2 is 1.77 bits per heavy atom. The van der Waals surface area contributed by atoms with Gasteiger partial charge in [0.05, 0.1) is 22.7 Å². The lowest BCUT2D eigenvalue weighted by molar-refractivity contribution is 0.0698. The molecule has 1 unspecified atom stereocenters. The van der Waals surface area contributed by atoms with Crippen molar-refractivity contribution in [1.29, 1.82) is 0 Å². The zero-order valence-corrected chi connectivity index (χ0v) is 22.5. The molecule has 4 aromatic rings. The summed E-state index contributed by atoms with van der Waals surface area (Å²) in [5.41, 5.74) is 3.84. The van der Waals surface area contributed by atoms with Crippen LogP contribution in [0, 0.1) is 19.7 Å². The second-order valence-corrected chi connectivity index (χ2v) is 10.3. The van der Waals surface area contributed by atoms with Crippen LogP contribution in [0.3, 0.4) is 0 Å². The van der Waals surface area contributed by atoms with E-state index in [0.29, 0.717) is 44.8 Å². The minimum Gasteiger partial charge on any atom is -0.478 e. The Balaban J connectivity index is 1.58. The second-order valence-electron chi connectivity index (χ2n) is 10.3. The van der Waals surface area contributed by atoms with Gasteiger partial charge < -0.3 is 24.6 Å². The van der Waals surface area contributed by atoms with E-state index in [9.17, 15) is 14.7 Å². The number of carbonyl (C=O) groups is 1. The van der Waals surface area contributed by atoms with Gasteiger partial charge in [0.15, 0.2) is 5.43 Å². The molecule has 2 N–H and O–H groups in total. The highest BCUT2D eigenvalue weighted by Crippen LogP contribution is 2.34. The average Bonchev–Trinajstić information content (AvgIpc) is 2.91. The number of para-hydroxylation sites is 1. The maximum Gasteiger partial charge on any atom is 0.337 e. The van der Waals surface area contributed by atoms with Gasteiger partial charge in [-0.1, -0.05) is 18.2 Å². The molecule has 0 radical (unpaired) electrons. The number of piperazine rings is 1.